The third kappa shape index (κ3) is 2.87. The molecule has 3 unspecified atom stereocenters. The van der Waals surface area contributed by atoms with E-state index >= 15 is 0 Å². The number of nitrogens with two attached hydrogens (primary N) is 1. The Morgan fingerprint density at radius 1 is 1.00 bits per heavy atom. The second-order valence-electron chi connectivity index (χ2n) is 6.26. The molecule has 3 rings (SSSR count). The molecule has 0 radical (unpaired) electrons. The lowest BCUT2D eigenvalue weighted by molar-refractivity contribution is 0.175. The van der Waals surface area contributed by atoms with Crippen molar-refractivity contribution in [2.45, 2.75) is 37.9 Å². The molecule has 2 aromatic rings. The van der Waals surface area contributed by atoms with Gasteiger partial charge in [0.15, 0.2) is 0 Å². The molecule has 0 fully saturated rings. The molecule has 0 spiro atoms. The Morgan fingerprint density at radius 3 is 2.33 bits per heavy atom. The third-order valence-corrected chi connectivity index (χ3v) is 4.74. The summed E-state index contributed by atoms with van der Waals surface area (Å²) < 4.78 is 0. The second kappa shape index (κ2) is 6.00. The first-order valence-electron chi connectivity index (χ1n) is 7.75. The van der Waals surface area contributed by atoms with Gasteiger partial charge in [-0.25, -0.2) is 0 Å². The molecule has 3 atom stereocenters. The molecule has 21 heavy (non-hydrogen) atoms. The topological polar surface area (TPSA) is 29.3 Å². The predicted molar refractivity (Wildman–Crippen MR) is 88.1 cm³/mol. The van der Waals surface area contributed by atoms with Crippen LogP contribution in [0, 0.1) is 0 Å². The number of benzene rings is 2. The first-order valence-corrected chi connectivity index (χ1v) is 7.75. The van der Waals surface area contributed by atoms with Crippen LogP contribution in [0.4, 0.5) is 0 Å². The Labute approximate surface area is 127 Å². The van der Waals surface area contributed by atoms with E-state index in [0.29, 0.717) is 12.0 Å². The molecule has 0 bridgehead atoms. The van der Waals surface area contributed by atoms with Crippen molar-refractivity contribution in [3.63, 3.8) is 0 Å². The van der Waals surface area contributed by atoms with Crippen LogP contribution in [-0.2, 0) is 6.54 Å². The number of hydrogen-bond acceptors (Lipinski definition) is 2. The molecule has 0 amide bonds. The van der Waals surface area contributed by atoms with Gasteiger partial charge >= 0.3 is 0 Å². The fourth-order valence-electron chi connectivity index (χ4n) is 3.55. The molecule has 0 saturated heterocycles. The molecule has 2 nitrogen and oxygen atoms in total. The maximum absolute atomic E-state index is 6.57. The lowest BCUT2D eigenvalue weighted by atomic mass is 9.78. The van der Waals surface area contributed by atoms with Gasteiger partial charge in [-0.3, -0.25) is 4.90 Å². The lowest BCUT2D eigenvalue weighted by Crippen LogP contribution is -2.43. The normalized spacial score (nSPS) is 24.9. The van der Waals surface area contributed by atoms with E-state index in [-0.39, 0.29) is 6.04 Å². The highest BCUT2D eigenvalue weighted by Crippen LogP contribution is 2.38. The SMILES string of the molecule is CC1CC(N(C)Cc2ccccc2)C(N)c2ccccc21. The standard InChI is InChI=1S/C19H24N2/c1-14-12-18(19(20)17-11-7-6-10-16(14)17)21(2)13-15-8-4-3-5-9-15/h3-11,14,18-19H,12-13,20H2,1-2H3. The first-order chi connectivity index (χ1) is 10.2. The van der Waals surface area contributed by atoms with Crippen molar-refractivity contribution in [3.05, 3.63) is 71.3 Å². The summed E-state index contributed by atoms with van der Waals surface area (Å²) in [5, 5.41) is 0. The monoisotopic (exact) mass is 280 g/mol. The zero-order chi connectivity index (χ0) is 14.8. The molecule has 2 aromatic carbocycles. The van der Waals surface area contributed by atoms with Crippen molar-refractivity contribution in [1.29, 1.82) is 0 Å². The second-order valence-corrected chi connectivity index (χ2v) is 6.26. The van der Waals surface area contributed by atoms with E-state index in [0.717, 1.165) is 13.0 Å². The van der Waals surface area contributed by atoms with Crippen LogP contribution >= 0.6 is 0 Å². The average Bonchev–Trinajstić information content (AvgIpc) is 2.52. The molecular weight excluding hydrogens is 256 g/mol. The van der Waals surface area contributed by atoms with Gasteiger partial charge in [0.1, 0.15) is 0 Å². The quantitative estimate of drug-likeness (QED) is 0.929. The van der Waals surface area contributed by atoms with Gasteiger partial charge in [-0.2, -0.15) is 0 Å². The van der Waals surface area contributed by atoms with E-state index in [4.69, 9.17) is 5.73 Å². The Morgan fingerprint density at radius 2 is 1.62 bits per heavy atom. The van der Waals surface area contributed by atoms with E-state index < -0.39 is 0 Å². The first kappa shape index (κ1) is 14.3. The van der Waals surface area contributed by atoms with Crippen molar-refractivity contribution >= 4 is 0 Å². The number of nitrogens with zero attached hydrogens (tertiary/aromatic N) is 1. The van der Waals surface area contributed by atoms with E-state index in [1.165, 1.54) is 16.7 Å². The molecule has 1 aliphatic rings. The van der Waals surface area contributed by atoms with Crippen LogP contribution in [-0.4, -0.2) is 18.0 Å². The summed E-state index contributed by atoms with van der Waals surface area (Å²) in [7, 11) is 2.19. The third-order valence-electron chi connectivity index (χ3n) is 4.74. The average molecular weight is 280 g/mol. The highest BCUT2D eigenvalue weighted by Gasteiger charge is 2.32. The smallest absolute Gasteiger partial charge is 0.0456 e. The summed E-state index contributed by atoms with van der Waals surface area (Å²) >= 11 is 0. The molecule has 2 heteroatoms. The van der Waals surface area contributed by atoms with Gasteiger partial charge in [0, 0.05) is 18.6 Å². The summed E-state index contributed by atoms with van der Waals surface area (Å²) in [4.78, 5) is 2.41. The van der Waals surface area contributed by atoms with Crippen molar-refractivity contribution in [1.82, 2.24) is 4.90 Å². The summed E-state index contributed by atoms with van der Waals surface area (Å²) in [5.41, 5.74) is 10.7. The Bertz CT molecular complexity index is 594. The molecular formula is C19H24N2. The zero-order valence-corrected chi connectivity index (χ0v) is 12.9. The van der Waals surface area contributed by atoms with Crippen LogP contribution in [0.2, 0.25) is 0 Å². The minimum Gasteiger partial charge on any atom is -0.323 e. The summed E-state index contributed by atoms with van der Waals surface area (Å²) in [6.45, 7) is 3.27. The van der Waals surface area contributed by atoms with Gasteiger partial charge in [-0.1, -0.05) is 61.5 Å². The van der Waals surface area contributed by atoms with E-state index in [1.54, 1.807) is 0 Å². The van der Waals surface area contributed by atoms with Crippen LogP contribution in [0.5, 0.6) is 0 Å². The number of rotatable bonds is 3. The minimum absolute atomic E-state index is 0.103. The molecule has 0 aromatic heterocycles. The fraction of sp³-hybridized carbons (Fsp3) is 0.368. The zero-order valence-electron chi connectivity index (χ0n) is 12.9. The van der Waals surface area contributed by atoms with Crippen LogP contribution in [0.3, 0.4) is 0 Å². The van der Waals surface area contributed by atoms with E-state index in [9.17, 15) is 0 Å². The summed E-state index contributed by atoms with van der Waals surface area (Å²) in [5.74, 6) is 0.573. The van der Waals surface area contributed by atoms with Crippen molar-refractivity contribution in [2.24, 2.45) is 5.73 Å². The Hall–Kier alpha value is -1.64. The van der Waals surface area contributed by atoms with Crippen LogP contribution < -0.4 is 5.73 Å². The summed E-state index contributed by atoms with van der Waals surface area (Å²) in [6.07, 6.45) is 1.13. The predicted octanol–water partition coefficient (Wildman–Crippen LogP) is 3.69. The fourth-order valence-corrected chi connectivity index (χ4v) is 3.55. The van der Waals surface area contributed by atoms with Gasteiger partial charge in [-0.05, 0) is 36.1 Å². The van der Waals surface area contributed by atoms with Gasteiger partial charge in [0.25, 0.3) is 0 Å². The molecule has 0 aliphatic heterocycles. The van der Waals surface area contributed by atoms with Gasteiger partial charge in [0.05, 0.1) is 0 Å². The van der Waals surface area contributed by atoms with Gasteiger partial charge in [-0.15, -0.1) is 0 Å². The van der Waals surface area contributed by atoms with Gasteiger partial charge < -0.3 is 5.73 Å². The molecule has 1 aliphatic carbocycles. The highest BCUT2D eigenvalue weighted by molar-refractivity contribution is 5.36. The van der Waals surface area contributed by atoms with Crippen LogP contribution in [0.1, 0.15) is 42.0 Å². The molecule has 2 N–H and O–H groups in total. The molecule has 0 heterocycles. The van der Waals surface area contributed by atoms with Crippen molar-refractivity contribution in [3.8, 4) is 0 Å². The van der Waals surface area contributed by atoms with E-state index in [1.807, 2.05) is 0 Å². The summed E-state index contributed by atoms with van der Waals surface area (Å²) in [6, 6.07) is 19.8. The minimum atomic E-state index is 0.103. The molecule has 0 saturated carbocycles. The Kier molecular flexibility index (Phi) is 4.09. The van der Waals surface area contributed by atoms with Crippen LogP contribution in [0.15, 0.2) is 54.6 Å². The lowest BCUT2D eigenvalue weighted by Gasteiger charge is -2.40. The largest absolute Gasteiger partial charge is 0.323 e. The maximum Gasteiger partial charge on any atom is 0.0456 e. The van der Waals surface area contributed by atoms with Crippen molar-refractivity contribution < 1.29 is 0 Å². The number of hydrogen-bond donors (Lipinski definition) is 1. The van der Waals surface area contributed by atoms with Gasteiger partial charge in [0.2, 0.25) is 0 Å². The molecule has 110 valence electrons. The highest BCUT2D eigenvalue weighted by atomic mass is 15.1. The van der Waals surface area contributed by atoms with E-state index in [2.05, 4.69) is 73.5 Å². The van der Waals surface area contributed by atoms with Crippen molar-refractivity contribution in [2.75, 3.05) is 7.05 Å². The Balaban J connectivity index is 1.80. The number of likely N-dealkylation sites (N-methyl/N-ethyl adjacent to an activating group) is 1. The maximum atomic E-state index is 6.57. The number of fused-ring (bicyclic) bond motifs is 1. The van der Waals surface area contributed by atoms with Crippen LogP contribution in [0.25, 0.3) is 0 Å².